The first kappa shape index (κ1) is 11.4. The van der Waals surface area contributed by atoms with Gasteiger partial charge in [-0.15, -0.1) is 0 Å². The highest BCUT2D eigenvalue weighted by Crippen LogP contribution is 2.33. The van der Waals surface area contributed by atoms with Crippen molar-refractivity contribution in [3.63, 3.8) is 0 Å². The lowest BCUT2D eigenvalue weighted by molar-refractivity contribution is 0.308. The van der Waals surface area contributed by atoms with E-state index in [1.54, 1.807) is 0 Å². The van der Waals surface area contributed by atoms with Crippen LogP contribution in [0.4, 0.5) is 0 Å². The SMILES string of the molecule is NC(c1cccc(I)c1)C1CCCCC1. The van der Waals surface area contributed by atoms with Crippen molar-refractivity contribution in [2.45, 2.75) is 38.1 Å². The topological polar surface area (TPSA) is 26.0 Å². The van der Waals surface area contributed by atoms with Crippen molar-refractivity contribution in [1.82, 2.24) is 0 Å². The van der Waals surface area contributed by atoms with E-state index in [-0.39, 0.29) is 6.04 Å². The molecule has 1 aliphatic rings. The molecule has 0 saturated heterocycles. The van der Waals surface area contributed by atoms with Crippen LogP contribution in [0.25, 0.3) is 0 Å². The molecule has 1 saturated carbocycles. The smallest absolute Gasteiger partial charge is 0.0323 e. The van der Waals surface area contributed by atoms with Gasteiger partial charge in [-0.2, -0.15) is 0 Å². The minimum atomic E-state index is 0.250. The fraction of sp³-hybridized carbons (Fsp3) is 0.538. The zero-order valence-corrected chi connectivity index (χ0v) is 11.1. The lowest BCUT2D eigenvalue weighted by Crippen LogP contribution is -2.23. The molecule has 1 fully saturated rings. The van der Waals surface area contributed by atoms with Gasteiger partial charge in [0.1, 0.15) is 0 Å². The van der Waals surface area contributed by atoms with E-state index in [2.05, 4.69) is 46.9 Å². The zero-order chi connectivity index (χ0) is 10.7. The van der Waals surface area contributed by atoms with Crippen LogP contribution in [-0.4, -0.2) is 0 Å². The largest absolute Gasteiger partial charge is 0.324 e. The molecule has 0 bridgehead atoms. The van der Waals surface area contributed by atoms with E-state index in [1.165, 1.54) is 41.2 Å². The van der Waals surface area contributed by atoms with Crippen molar-refractivity contribution in [2.24, 2.45) is 11.7 Å². The Hall–Kier alpha value is -0.0900. The minimum absolute atomic E-state index is 0.250. The fourth-order valence-electron chi connectivity index (χ4n) is 2.48. The Balaban J connectivity index is 2.08. The van der Waals surface area contributed by atoms with Crippen LogP contribution in [-0.2, 0) is 0 Å². The van der Waals surface area contributed by atoms with Crippen molar-refractivity contribution in [3.8, 4) is 0 Å². The maximum Gasteiger partial charge on any atom is 0.0323 e. The van der Waals surface area contributed by atoms with Crippen LogP contribution in [0.2, 0.25) is 0 Å². The van der Waals surface area contributed by atoms with Crippen molar-refractivity contribution in [2.75, 3.05) is 0 Å². The second-order valence-electron chi connectivity index (χ2n) is 4.48. The summed E-state index contributed by atoms with van der Waals surface area (Å²) < 4.78 is 1.29. The maximum absolute atomic E-state index is 6.34. The average Bonchev–Trinajstić information content (AvgIpc) is 2.29. The Morgan fingerprint density at radius 1 is 1.20 bits per heavy atom. The second kappa shape index (κ2) is 5.30. The molecule has 1 aromatic rings. The van der Waals surface area contributed by atoms with Crippen LogP contribution in [0, 0.1) is 9.49 Å². The normalized spacial score (nSPS) is 20.1. The Kier molecular flexibility index (Phi) is 4.03. The molecule has 82 valence electrons. The summed E-state index contributed by atoms with van der Waals surface area (Å²) in [5.41, 5.74) is 7.65. The van der Waals surface area contributed by atoms with E-state index in [4.69, 9.17) is 5.73 Å². The van der Waals surface area contributed by atoms with Crippen LogP contribution in [0.15, 0.2) is 24.3 Å². The molecule has 1 unspecified atom stereocenters. The van der Waals surface area contributed by atoms with E-state index >= 15 is 0 Å². The molecule has 2 N–H and O–H groups in total. The van der Waals surface area contributed by atoms with Gasteiger partial charge in [-0.1, -0.05) is 31.4 Å². The van der Waals surface area contributed by atoms with Gasteiger partial charge in [-0.05, 0) is 59.0 Å². The van der Waals surface area contributed by atoms with Crippen LogP contribution in [0.1, 0.15) is 43.7 Å². The fourth-order valence-corrected chi connectivity index (χ4v) is 3.05. The van der Waals surface area contributed by atoms with Crippen LogP contribution in [0.3, 0.4) is 0 Å². The summed E-state index contributed by atoms with van der Waals surface area (Å²) >= 11 is 2.35. The Bertz CT molecular complexity index is 318. The summed E-state index contributed by atoms with van der Waals surface area (Å²) in [5.74, 6) is 0.706. The van der Waals surface area contributed by atoms with Crippen LogP contribution >= 0.6 is 22.6 Å². The van der Waals surface area contributed by atoms with Gasteiger partial charge in [0.2, 0.25) is 0 Å². The highest BCUT2D eigenvalue weighted by Gasteiger charge is 2.21. The van der Waals surface area contributed by atoms with E-state index in [1.807, 2.05) is 0 Å². The highest BCUT2D eigenvalue weighted by atomic mass is 127. The average molecular weight is 315 g/mol. The molecule has 0 radical (unpaired) electrons. The summed E-state index contributed by atoms with van der Waals surface area (Å²) in [6.45, 7) is 0. The predicted molar refractivity (Wildman–Crippen MR) is 72.7 cm³/mol. The van der Waals surface area contributed by atoms with Gasteiger partial charge in [0.25, 0.3) is 0 Å². The molecule has 0 heterocycles. The Morgan fingerprint density at radius 3 is 2.60 bits per heavy atom. The molecule has 0 aromatic heterocycles. The first-order chi connectivity index (χ1) is 7.27. The van der Waals surface area contributed by atoms with Crippen LogP contribution in [0.5, 0.6) is 0 Å². The molecule has 1 aromatic carbocycles. The highest BCUT2D eigenvalue weighted by molar-refractivity contribution is 14.1. The van der Waals surface area contributed by atoms with E-state index in [0.717, 1.165) is 0 Å². The van der Waals surface area contributed by atoms with Gasteiger partial charge < -0.3 is 5.73 Å². The van der Waals surface area contributed by atoms with Gasteiger partial charge in [0, 0.05) is 9.61 Å². The monoisotopic (exact) mass is 315 g/mol. The molecule has 1 atom stereocenters. The number of rotatable bonds is 2. The van der Waals surface area contributed by atoms with Crippen molar-refractivity contribution >= 4 is 22.6 Å². The first-order valence-electron chi connectivity index (χ1n) is 5.78. The summed E-state index contributed by atoms with van der Waals surface area (Å²) in [6.07, 6.45) is 6.75. The molecule has 1 aliphatic carbocycles. The minimum Gasteiger partial charge on any atom is -0.324 e. The van der Waals surface area contributed by atoms with Crippen molar-refractivity contribution < 1.29 is 0 Å². The molecule has 0 spiro atoms. The summed E-state index contributed by atoms with van der Waals surface area (Å²) in [6, 6.07) is 8.87. The maximum atomic E-state index is 6.34. The van der Waals surface area contributed by atoms with Crippen LogP contribution < -0.4 is 5.73 Å². The number of benzene rings is 1. The lowest BCUT2D eigenvalue weighted by Gasteiger charge is -2.27. The summed E-state index contributed by atoms with van der Waals surface area (Å²) in [7, 11) is 0. The van der Waals surface area contributed by atoms with Crippen molar-refractivity contribution in [1.29, 1.82) is 0 Å². The third-order valence-corrected chi connectivity index (χ3v) is 4.06. The van der Waals surface area contributed by atoms with E-state index in [0.29, 0.717) is 5.92 Å². The van der Waals surface area contributed by atoms with Gasteiger partial charge in [-0.3, -0.25) is 0 Å². The molecule has 2 rings (SSSR count). The van der Waals surface area contributed by atoms with Gasteiger partial charge in [-0.25, -0.2) is 0 Å². The Morgan fingerprint density at radius 2 is 1.93 bits per heavy atom. The van der Waals surface area contributed by atoms with Gasteiger partial charge >= 0.3 is 0 Å². The van der Waals surface area contributed by atoms with E-state index in [9.17, 15) is 0 Å². The summed E-state index contributed by atoms with van der Waals surface area (Å²) in [4.78, 5) is 0. The molecular weight excluding hydrogens is 297 g/mol. The summed E-state index contributed by atoms with van der Waals surface area (Å²) in [5, 5.41) is 0. The lowest BCUT2D eigenvalue weighted by atomic mass is 9.82. The molecule has 1 nitrogen and oxygen atoms in total. The molecule has 15 heavy (non-hydrogen) atoms. The van der Waals surface area contributed by atoms with E-state index < -0.39 is 0 Å². The predicted octanol–water partition coefficient (Wildman–Crippen LogP) is 3.87. The number of nitrogens with two attached hydrogens (primary N) is 1. The molecule has 2 heteroatoms. The third-order valence-electron chi connectivity index (χ3n) is 3.39. The molecular formula is C13H18IN. The molecule has 0 aliphatic heterocycles. The zero-order valence-electron chi connectivity index (χ0n) is 8.95. The van der Waals surface area contributed by atoms with Gasteiger partial charge in [0.15, 0.2) is 0 Å². The van der Waals surface area contributed by atoms with Crippen molar-refractivity contribution in [3.05, 3.63) is 33.4 Å². The number of hydrogen-bond donors (Lipinski definition) is 1. The quantitative estimate of drug-likeness (QED) is 0.824. The third kappa shape index (κ3) is 2.94. The number of hydrogen-bond acceptors (Lipinski definition) is 1. The number of halogens is 1. The first-order valence-corrected chi connectivity index (χ1v) is 6.86. The van der Waals surface area contributed by atoms with Gasteiger partial charge in [0.05, 0.1) is 0 Å². The standard InChI is InChI=1S/C13H18IN/c14-12-8-4-7-11(9-12)13(15)10-5-2-1-3-6-10/h4,7-10,13H,1-3,5-6,15H2. The molecule has 0 amide bonds. The Labute approximate surface area is 106 Å². The second-order valence-corrected chi connectivity index (χ2v) is 5.72.